The Morgan fingerprint density at radius 2 is 2.12 bits per heavy atom. The van der Waals surface area contributed by atoms with E-state index in [1.807, 2.05) is 6.92 Å². The SMILES string of the molecule is Cc1nc(SCC(=O)c2ccccc2F)c2c3c(sc2n1)CCC3. The van der Waals surface area contributed by atoms with Crippen LogP contribution in [0.25, 0.3) is 10.2 Å². The first-order chi connectivity index (χ1) is 11.6. The number of rotatable bonds is 4. The Hall–Kier alpha value is -1.79. The molecule has 0 saturated heterocycles. The third kappa shape index (κ3) is 2.74. The molecule has 2 heterocycles. The van der Waals surface area contributed by atoms with Gasteiger partial charge in [0.1, 0.15) is 21.5 Å². The summed E-state index contributed by atoms with van der Waals surface area (Å²) in [6.45, 7) is 1.87. The van der Waals surface area contributed by atoms with Crippen LogP contribution in [0.1, 0.15) is 33.0 Å². The highest BCUT2D eigenvalue weighted by molar-refractivity contribution is 8.00. The number of hydrogen-bond acceptors (Lipinski definition) is 5. The molecule has 0 radical (unpaired) electrons. The number of thiophene rings is 1. The molecule has 0 fully saturated rings. The van der Waals surface area contributed by atoms with E-state index in [1.54, 1.807) is 23.5 Å². The van der Waals surface area contributed by atoms with Crippen LogP contribution in [0.2, 0.25) is 0 Å². The Kier molecular flexibility index (Phi) is 4.10. The fourth-order valence-electron chi connectivity index (χ4n) is 3.07. The lowest BCUT2D eigenvalue weighted by Gasteiger charge is -2.06. The molecule has 1 aliphatic rings. The summed E-state index contributed by atoms with van der Waals surface area (Å²) in [5, 5.41) is 1.95. The van der Waals surface area contributed by atoms with E-state index in [4.69, 9.17) is 0 Å². The summed E-state index contributed by atoms with van der Waals surface area (Å²) in [5.74, 6) is 0.207. The van der Waals surface area contributed by atoms with Crippen molar-refractivity contribution in [2.45, 2.75) is 31.2 Å². The number of thioether (sulfide) groups is 1. The number of carbonyl (C=O) groups excluding carboxylic acids is 1. The van der Waals surface area contributed by atoms with Crippen LogP contribution in [0.4, 0.5) is 4.39 Å². The molecule has 0 amide bonds. The smallest absolute Gasteiger partial charge is 0.176 e. The molecule has 1 aromatic carbocycles. The summed E-state index contributed by atoms with van der Waals surface area (Å²) >= 11 is 3.12. The van der Waals surface area contributed by atoms with E-state index in [2.05, 4.69) is 9.97 Å². The Balaban J connectivity index is 1.65. The molecule has 0 atom stereocenters. The Labute approximate surface area is 147 Å². The quantitative estimate of drug-likeness (QED) is 0.388. The van der Waals surface area contributed by atoms with Crippen molar-refractivity contribution in [2.24, 2.45) is 0 Å². The number of fused-ring (bicyclic) bond motifs is 3. The van der Waals surface area contributed by atoms with Gasteiger partial charge in [-0.25, -0.2) is 14.4 Å². The molecule has 0 spiro atoms. The van der Waals surface area contributed by atoms with Gasteiger partial charge in [-0.3, -0.25) is 4.79 Å². The van der Waals surface area contributed by atoms with Gasteiger partial charge in [0.05, 0.1) is 11.3 Å². The molecule has 24 heavy (non-hydrogen) atoms. The van der Waals surface area contributed by atoms with Crippen LogP contribution in [0.5, 0.6) is 0 Å². The highest BCUT2D eigenvalue weighted by Gasteiger charge is 2.22. The largest absolute Gasteiger partial charge is 0.293 e. The van der Waals surface area contributed by atoms with Crippen LogP contribution in [0.15, 0.2) is 29.3 Å². The van der Waals surface area contributed by atoms with E-state index in [1.165, 1.54) is 40.8 Å². The van der Waals surface area contributed by atoms with Crippen molar-refractivity contribution in [3.63, 3.8) is 0 Å². The number of halogens is 1. The lowest BCUT2D eigenvalue weighted by molar-refractivity contribution is 0.101. The van der Waals surface area contributed by atoms with Gasteiger partial charge >= 0.3 is 0 Å². The third-order valence-electron chi connectivity index (χ3n) is 4.16. The number of aromatic nitrogens is 2. The van der Waals surface area contributed by atoms with Crippen LogP contribution in [0, 0.1) is 12.7 Å². The van der Waals surface area contributed by atoms with E-state index >= 15 is 0 Å². The van der Waals surface area contributed by atoms with Crippen molar-refractivity contribution in [2.75, 3.05) is 5.75 Å². The monoisotopic (exact) mass is 358 g/mol. The second-order valence-corrected chi connectivity index (χ2v) is 7.85. The molecule has 4 rings (SSSR count). The maximum absolute atomic E-state index is 13.8. The molecule has 6 heteroatoms. The number of carbonyl (C=O) groups is 1. The zero-order chi connectivity index (χ0) is 16.7. The van der Waals surface area contributed by atoms with Crippen molar-refractivity contribution >= 4 is 39.1 Å². The van der Waals surface area contributed by atoms with Gasteiger partial charge < -0.3 is 0 Å². The van der Waals surface area contributed by atoms with Crippen LogP contribution in [-0.2, 0) is 12.8 Å². The number of nitrogens with zero attached hydrogens (tertiary/aromatic N) is 2. The molecular weight excluding hydrogens is 343 g/mol. The molecule has 0 N–H and O–H groups in total. The number of hydrogen-bond donors (Lipinski definition) is 0. The molecule has 0 saturated carbocycles. The predicted octanol–water partition coefficient (Wildman–Crippen LogP) is 4.60. The van der Waals surface area contributed by atoms with Gasteiger partial charge in [-0.05, 0) is 43.9 Å². The van der Waals surface area contributed by atoms with Crippen molar-refractivity contribution in [1.29, 1.82) is 0 Å². The lowest BCUT2D eigenvalue weighted by atomic mass is 10.1. The van der Waals surface area contributed by atoms with E-state index in [0.29, 0.717) is 5.82 Å². The topological polar surface area (TPSA) is 42.9 Å². The summed E-state index contributed by atoms with van der Waals surface area (Å²) in [4.78, 5) is 23.8. The summed E-state index contributed by atoms with van der Waals surface area (Å²) in [5.41, 5.74) is 1.48. The van der Waals surface area contributed by atoms with Crippen LogP contribution in [-0.4, -0.2) is 21.5 Å². The van der Waals surface area contributed by atoms with E-state index in [9.17, 15) is 9.18 Å². The zero-order valence-electron chi connectivity index (χ0n) is 13.1. The van der Waals surface area contributed by atoms with Gasteiger partial charge in [0.15, 0.2) is 5.78 Å². The fourth-order valence-corrected chi connectivity index (χ4v) is 5.42. The zero-order valence-corrected chi connectivity index (χ0v) is 14.8. The lowest BCUT2D eigenvalue weighted by Crippen LogP contribution is -2.05. The van der Waals surface area contributed by atoms with Crippen LogP contribution in [0.3, 0.4) is 0 Å². The molecule has 2 aromatic heterocycles. The standard InChI is InChI=1S/C18H15FN2OS2/c1-10-20-17(16-12-6-4-8-15(12)24-18(16)21-10)23-9-14(22)11-5-2-3-7-13(11)19/h2-3,5,7H,4,6,8-9H2,1H3. The molecule has 0 aliphatic heterocycles. The molecule has 0 bridgehead atoms. The highest BCUT2D eigenvalue weighted by Crippen LogP contribution is 2.40. The van der Waals surface area contributed by atoms with E-state index in [0.717, 1.165) is 28.1 Å². The van der Waals surface area contributed by atoms with Gasteiger partial charge in [0, 0.05) is 10.3 Å². The van der Waals surface area contributed by atoms with Gasteiger partial charge in [0.25, 0.3) is 0 Å². The number of Topliss-reactive ketones (excluding diaryl/α,β-unsaturated/α-hetero) is 1. The normalized spacial score (nSPS) is 13.4. The van der Waals surface area contributed by atoms with Gasteiger partial charge in [-0.2, -0.15) is 0 Å². The van der Waals surface area contributed by atoms with Gasteiger partial charge in [-0.15, -0.1) is 11.3 Å². The van der Waals surface area contributed by atoms with E-state index in [-0.39, 0.29) is 17.1 Å². The summed E-state index contributed by atoms with van der Waals surface area (Å²) < 4.78 is 13.8. The maximum atomic E-state index is 13.8. The molecular formula is C18H15FN2OS2. The third-order valence-corrected chi connectivity index (χ3v) is 6.32. The first-order valence-corrected chi connectivity index (χ1v) is 9.63. The number of aryl methyl sites for hydroxylation is 3. The first kappa shape index (κ1) is 15.7. The van der Waals surface area contributed by atoms with Crippen molar-refractivity contribution in [1.82, 2.24) is 9.97 Å². The summed E-state index contributed by atoms with van der Waals surface area (Å²) in [6.07, 6.45) is 3.33. The Bertz CT molecular complexity index is 952. The number of ketones is 1. The average molecular weight is 358 g/mol. The first-order valence-electron chi connectivity index (χ1n) is 7.83. The van der Waals surface area contributed by atoms with Crippen molar-refractivity contribution < 1.29 is 9.18 Å². The molecule has 0 unspecified atom stereocenters. The minimum Gasteiger partial charge on any atom is -0.293 e. The van der Waals surface area contributed by atoms with Crippen LogP contribution < -0.4 is 0 Å². The highest BCUT2D eigenvalue weighted by atomic mass is 32.2. The minimum absolute atomic E-state index is 0.141. The minimum atomic E-state index is -0.469. The summed E-state index contributed by atoms with van der Waals surface area (Å²) in [7, 11) is 0. The van der Waals surface area contributed by atoms with Crippen molar-refractivity contribution in [3.05, 3.63) is 51.9 Å². The van der Waals surface area contributed by atoms with Gasteiger partial charge in [0.2, 0.25) is 0 Å². The Morgan fingerprint density at radius 3 is 2.96 bits per heavy atom. The molecule has 3 aromatic rings. The average Bonchev–Trinajstić information content (AvgIpc) is 3.13. The fraction of sp³-hybridized carbons (Fsp3) is 0.278. The number of benzene rings is 1. The van der Waals surface area contributed by atoms with Crippen LogP contribution >= 0.6 is 23.1 Å². The van der Waals surface area contributed by atoms with E-state index < -0.39 is 5.82 Å². The molecule has 3 nitrogen and oxygen atoms in total. The Morgan fingerprint density at radius 1 is 1.29 bits per heavy atom. The van der Waals surface area contributed by atoms with Gasteiger partial charge in [-0.1, -0.05) is 23.9 Å². The predicted molar refractivity (Wildman–Crippen MR) is 95.6 cm³/mol. The molecule has 122 valence electrons. The second-order valence-electron chi connectivity index (χ2n) is 5.81. The maximum Gasteiger partial charge on any atom is 0.176 e. The summed E-state index contributed by atoms with van der Waals surface area (Å²) in [6, 6.07) is 6.11. The second kappa shape index (κ2) is 6.26. The van der Waals surface area contributed by atoms with Crippen molar-refractivity contribution in [3.8, 4) is 0 Å². The molecule has 1 aliphatic carbocycles.